The van der Waals surface area contributed by atoms with Crippen LogP contribution in [0, 0.1) is 0 Å². The van der Waals surface area contributed by atoms with E-state index in [1.165, 1.54) is 0 Å². The largest absolute Gasteiger partial charge is 0.454 e. The normalized spacial score (nSPS) is 11.9. The Bertz CT molecular complexity index is 1000. The number of thiophene rings is 1. The van der Waals surface area contributed by atoms with Gasteiger partial charge in [0.1, 0.15) is 0 Å². The minimum atomic E-state index is -0.312. The van der Waals surface area contributed by atoms with Gasteiger partial charge in [0.15, 0.2) is 11.5 Å². The number of hydrogen-bond acceptors (Lipinski definition) is 5. The molecule has 142 valence electrons. The van der Waals surface area contributed by atoms with Crippen molar-refractivity contribution in [1.82, 2.24) is 0 Å². The summed E-state index contributed by atoms with van der Waals surface area (Å²) in [4.78, 5) is 25.0. The summed E-state index contributed by atoms with van der Waals surface area (Å²) in [6.07, 6.45) is 1.02. The zero-order valence-corrected chi connectivity index (χ0v) is 15.8. The number of rotatable bonds is 6. The van der Waals surface area contributed by atoms with Gasteiger partial charge in [0.2, 0.25) is 12.7 Å². The summed E-state index contributed by atoms with van der Waals surface area (Å²) in [6.45, 7) is 0.174. The lowest BCUT2D eigenvalue weighted by molar-refractivity contribution is -0.116. The van der Waals surface area contributed by atoms with Crippen molar-refractivity contribution in [2.45, 2.75) is 12.8 Å². The van der Waals surface area contributed by atoms with Gasteiger partial charge in [-0.05, 0) is 53.1 Å². The van der Waals surface area contributed by atoms with E-state index in [2.05, 4.69) is 10.6 Å². The molecular formula is C21H18N2O4S. The van der Waals surface area contributed by atoms with Crippen molar-refractivity contribution < 1.29 is 19.1 Å². The summed E-state index contributed by atoms with van der Waals surface area (Å²) in [5.74, 6) is 0.797. The van der Waals surface area contributed by atoms with Crippen LogP contribution in [0.25, 0.3) is 0 Å². The lowest BCUT2D eigenvalue weighted by Gasteiger charge is -2.12. The SMILES string of the molecule is O=C(CCc1ccsc1)Nc1ccccc1C(=O)Nc1ccc2c(c1)OCO2. The molecule has 0 spiro atoms. The van der Waals surface area contributed by atoms with Gasteiger partial charge in [0.25, 0.3) is 5.91 Å². The van der Waals surface area contributed by atoms with Crippen LogP contribution in [-0.4, -0.2) is 18.6 Å². The summed E-state index contributed by atoms with van der Waals surface area (Å²) < 4.78 is 10.6. The van der Waals surface area contributed by atoms with Crippen LogP contribution in [0.2, 0.25) is 0 Å². The van der Waals surface area contributed by atoms with E-state index in [0.717, 1.165) is 5.56 Å². The van der Waals surface area contributed by atoms with Crippen LogP contribution in [-0.2, 0) is 11.2 Å². The first-order valence-electron chi connectivity index (χ1n) is 8.80. The second-order valence-electron chi connectivity index (χ2n) is 6.25. The summed E-state index contributed by atoms with van der Waals surface area (Å²) in [6, 6.07) is 14.1. The molecule has 0 aliphatic carbocycles. The Labute approximate surface area is 166 Å². The number of carbonyl (C=O) groups excluding carboxylic acids is 2. The predicted molar refractivity (Wildman–Crippen MR) is 108 cm³/mol. The molecule has 7 heteroatoms. The molecule has 0 saturated carbocycles. The highest BCUT2D eigenvalue weighted by molar-refractivity contribution is 7.07. The van der Waals surface area contributed by atoms with E-state index in [9.17, 15) is 9.59 Å². The third kappa shape index (κ3) is 4.15. The summed E-state index contributed by atoms with van der Waals surface area (Å²) in [5.41, 5.74) is 2.60. The van der Waals surface area contributed by atoms with E-state index in [1.807, 2.05) is 16.8 Å². The van der Waals surface area contributed by atoms with Crippen molar-refractivity contribution >= 4 is 34.5 Å². The highest BCUT2D eigenvalue weighted by Gasteiger charge is 2.17. The number of carbonyl (C=O) groups is 2. The van der Waals surface area contributed by atoms with Gasteiger partial charge in [-0.15, -0.1) is 0 Å². The first-order valence-corrected chi connectivity index (χ1v) is 9.74. The molecule has 6 nitrogen and oxygen atoms in total. The molecule has 2 heterocycles. The average Bonchev–Trinajstić information content (AvgIpc) is 3.38. The van der Waals surface area contributed by atoms with Gasteiger partial charge in [-0.3, -0.25) is 9.59 Å². The maximum absolute atomic E-state index is 12.7. The third-order valence-corrected chi connectivity index (χ3v) is 5.03. The van der Waals surface area contributed by atoms with Crippen molar-refractivity contribution in [2.75, 3.05) is 17.4 Å². The smallest absolute Gasteiger partial charge is 0.257 e. The van der Waals surface area contributed by atoms with Crippen LogP contribution >= 0.6 is 11.3 Å². The maximum atomic E-state index is 12.7. The van der Waals surface area contributed by atoms with Crippen molar-refractivity contribution in [3.05, 3.63) is 70.4 Å². The molecule has 0 saturated heterocycles. The predicted octanol–water partition coefficient (Wildman–Crippen LogP) is 4.30. The first-order chi connectivity index (χ1) is 13.7. The molecule has 1 aliphatic rings. The molecule has 0 unspecified atom stereocenters. The molecule has 2 N–H and O–H groups in total. The van der Waals surface area contributed by atoms with Crippen LogP contribution in [0.4, 0.5) is 11.4 Å². The lowest BCUT2D eigenvalue weighted by Crippen LogP contribution is -2.18. The lowest BCUT2D eigenvalue weighted by atomic mass is 10.1. The Morgan fingerprint density at radius 3 is 2.71 bits per heavy atom. The molecule has 4 rings (SSSR count). The second kappa shape index (κ2) is 8.14. The molecule has 0 bridgehead atoms. The van der Waals surface area contributed by atoms with Crippen molar-refractivity contribution in [2.24, 2.45) is 0 Å². The fraction of sp³-hybridized carbons (Fsp3) is 0.143. The Morgan fingerprint density at radius 1 is 1.00 bits per heavy atom. The molecule has 2 amide bonds. The Morgan fingerprint density at radius 2 is 1.86 bits per heavy atom. The number of para-hydroxylation sites is 1. The molecule has 0 atom stereocenters. The topological polar surface area (TPSA) is 76.7 Å². The fourth-order valence-corrected chi connectivity index (χ4v) is 3.57. The van der Waals surface area contributed by atoms with Crippen molar-refractivity contribution in [3.8, 4) is 11.5 Å². The number of aryl methyl sites for hydroxylation is 1. The zero-order valence-electron chi connectivity index (χ0n) is 14.9. The van der Waals surface area contributed by atoms with Crippen LogP contribution in [0.3, 0.4) is 0 Å². The van der Waals surface area contributed by atoms with Gasteiger partial charge in [0, 0.05) is 18.2 Å². The minimum Gasteiger partial charge on any atom is -0.454 e. The summed E-state index contributed by atoms with van der Waals surface area (Å²) in [5, 5.41) is 9.69. The average molecular weight is 394 g/mol. The first kappa shape index (κ1) is 18.1. The van der Waals surface area contributed by atoms with Crippen molar-refractivity contribution in [3.63, 3.8) is 0 Å². The van der Waals surface area contributed by atoms with Gasteiger partial charge in [-0.1, -0.05) is 12.1 Å². The fourth-order valence-electron chi connectivity index (χ4n) is 2.87. The Balaban J connectivity index is 1.43. The van der Waals surface area contributed by atoms with E-state index in [0.29, 0.717) is 41.3 Å². The number of anilines is 2. The standard InChI is InChI=1S/C21H18N2O4S/c24-20(8-5-14-9-10-28-12-14)23-17-4-2-1-3-16(17)21(25)22-15-6-7-18-19(11-15)27-13-26-18/h1-4,6-7,9-12H,5,8,13H2,(H,22,25)(H,23,24). The molecule has 28 heavy (non-hydrogen) atoms. The van der Waals surface area contributed by atoms with E-state index < -0.39 is 0 Å². The highest BCUT2D eigenvalue weighted by atomic mass is 32.1. The summed E-state index contributed by atoms with van der Waals surface area (Å²) in [7, 11) is 0. The monoisotopic (exact) mass is 394 g/mol. The number of amides is 2. The highest BCUT2D eigenvalue weighted by Crippen LogP contribution is 2.34. The number of benzene rings is 2. The summed E-state index contributed by atoms with van der Waals surface area (Å²) >= 11 is 1.61. The third-order valence-electron chi connectivity index (χ3n) is 4.30. The Hall–Kier alpha value is -3.32. The van der Waals surface area contributed by atoms with E-state index in [-0.39, 0.29) is 18.6 Å². The molecular weight excluding hydrogens is 376 g/mol. The number of fused-ring (bicyclic) bond motifs is 1. The van der Waals surface area contributed by atoms with Crippen LogP contribution < -0.4 is 20.1 Å². The number of ether oxygens (including phenoxy) is 2. The maximum Gasteiger partial charge on any atom is 0.257 e. The quantitative estimate of drug-likeness (QED) is 0.654. The second-order valence-corrected chi connectivity index (χ2v) is 7.03. The Kier molecular flexibility index (Phi) is 5.25. The van der Waals surface area contributed by atoms with Crippen molar-refractivity contribution in [1.29, 1.82) is 0 Å². The molecule has 0 fully saturated rings. The van der Waals surface area contributed by atoms with Gasteiger partial charge in [0.05, 0.1) is 11.3 Å². The number of hydrogen-bond donors (Lipinski definition) is 2. The van der Waals surface area contributed by atoms with E-state index >= 15 is 0 Å². The van der Waals surface area contributed by atoms with Gasteiger partial charge in [-0.25, -0.2) is 0 Å². The van der Waals surface area contributed by atoms with Crippen LogP contribution in [0.1, 0.15) is 22.3 Å². The van der Waals surface area contributed by atoms with Crippen LogP contribution in [0.15, 0.2) is 59.3 Å². The molecule has 1 aromatic heterocycles. The molecule has 3 aromatic rings. The molecule has 0 radical (unpaired) electrons. The number of nitrogens with one attached hydrogen (secondary N) is 2. The van der Waals surface area contributed by atoms with E-state index in [1.54, 1.807) is 53.8 Å². The van der Waals surface area contributed by atoms with Crippen LogP contribution in [0.5, 0.6) is 11.5 Å². The molecule has 1 aliphatic heterocycles. The van der Waals surface area contributed by atoms with Gasteiger partial charge >= 0.3 is 0 Å². The molecule has 2 aromatic carbocycles. The van der Waals surface area contributed by atoms with Gasteiger partial charge in [-0.2, -0.15) is 11.3 Å². The van der Waals surface area contributed by atoms with Gasteiger partial charge < -0.3 is 20.1 Å². The zero-order chi connectivity index (χ0) is 19.3. The van der Waals surface area contributed by atoms with E-state index in [4.69, 9.17) is 9.47 Å². The minimum absolute atomic E-state index is 0.130.